The number of hydrogen-bond donors (Lipinski definition) is 2. The molecule has 0 saturated carbocycles. The number of aromatic nitrogens is 1. The van der Waals surface area contributed by atoms with E-state index in [0.29, 0.717) is 0 Å². The fourth-order valence-electron chi connectivity index (χ4n) is 2.82. The lowest BCUT2D eigenvalue weighted by Crippen LogP contribution is -2.17. The molecule has 0 atom stereocenters. The Bertz CT molecular complexity index is 1590. The molecule has 0 aliphatic carbocycles. The van der Waals surface area contributed by atoms with E-state index in [2.05, 4.69) is 4.72 Å². The van der Waals surface area contributed by atoms with Crippen molar-refractivity contribution in [3.05, 3.63) is 68.4 Å². The highest BCUT2D eigenvalue weighted by Gasteiger charge is 2.22. The van der Waals surface area contributed by atoms with Gasteiger partial charge in [0.1, 0.15) is 4.21 Å². The second-order valence-corrected chi connectivity index (χ2v) is 11.4. The van der Waals surface area contributed by atoms with Crippen LogP contribution in [-0.2, 0) is 20.0 Å². The number of fused-ring (bicyclic) bond motifs is 1. The van der Waals surface area contributed by atoms with Crippen molar-refractivity contribution in [2.75, 3.05) is 4.72 Å². The molecule has 2 aromatic carbocycles. The Morgan fingerprint density at radius 2 is 1.74 bits per heavy atom. The molecule has 31 heavy (non-hydrogen) atoms. The molecule has 0 unspecified atom stereocenters. The van der Waals surface area contributed by atoms with Crippen LogP contribution in [0.5, 0.6) is 0 Å². The highest BCUT2D eigenvalue weighted by molar-refractivity contribution is 7.94. The minimum Gasteiger partial charge on any atom is -0.407 e. The molecule has 0 amide bonds. The number of thiophene rings is 1. The average Bonchev–Trinajstić information content (AvgIpc) is 3.31. The second-order valence-electron chi connectivity index (χ2n) is 6.20. The monoisotopic (exact) mass is 519 g/mol. The molecule has 4 rings (SSSR count). The number of nitrogens with one attached hydrogen (secondary N) is 1. The van der Waals surface area contributed by atoms with Gasteiger partial charge in [-0.2, -0.15) is 0 Å². The zero-order valence-electron chi connectivity index (χ0n) is 15.1. The van der Waals surface area contributed by atoms with Crippen molar-refractivity contribution in [2.24, 2.45) is 5.14 Å². The second kappa shape index (κ2) is 7.65. The molecule has 9 nitrogen and oxygen atoms in total. The Labute approximate surface area is 189 Å². The summed E-state index contributed by atoms with van der Waals surface area (Å²) in [5, 5.41) is 6.82. The van der Waals surface area contributed by atoms with E-state index in [4.69, 9.17) is 32.8 Å². The lowest BCUT2D eigenvalue weighted by atomic mass is 10.2. The summed E-state index contributed by atoms with van der Waals surface area (Å²) in [7, 11) is -8.01. The predicted octanol–water partition coefficient (Wildman–Crippen LogP) is 3.40. The van der Waals surface area contributed by atoms with Crippen LogP contribution >= 0.6 is 34.5 Å². The van der Waals surface area contributed by atoms with E-state index in [-0.39, 0.29) is 41.6 Å². The van der Waals surface area contributed by atoms with Crippen LogP contribution in [0.25, 0.3) is 16.8 Å². The SMILES string of the molecule is NS(=O)(=O)c1ccc2c(c1)oc(=O)n2-c1cc(Cl)c(Cl)cc1NS(=O)(=O)c1cccs1. The van der Waals surface area contributed by atoms with Crippen LogP contribution in [-0.4, -0.2) is 21.4 Å². The van der Waals surface area contributed by atoms with Gasteiger partial charge in [0.05, 0.1) is 31.8 Å². The smallest absolute Gasteiger partial charge is 0.407 e. The zero-order valence-corrected chi connectivity index (χ0v) is 19.0. The van der Waals surface area contributed by atoms with Crippen LogP contribution in [0.4, 0.5) is 5.69 Å². The molecule has 0 bridgehead atoms. The van der Waals surface area contributed by atoms with Gasteiger partial charge in [0.15, 0.2) is 5.58 Å². The molecule has 162 valence electrons. The van der Waals surface area contributed by atoms with Crippen molar-refractivity contribution >= 4 is 71.4 Å². The normalized spacial score (nSPS) is 12.4. The van der Waals surface area contributed by atoms with E-state index in [1.165, 1.54) is 30.3 Å². The first kappa shape index (κ1) is 21.9. The zero-order chi connectivity index (χ0) is 22.6. The van der Waals surface area contributed by atoms with E-state index < -0.39 is 25.8 Å². The van der Waals surface area contributed by atoms with Gasteiger partial charge in [0.25, 0.3) is 10.0 Å². The number of primary sulfonamides is 1. The van der Waals surface area contributed by atoms with Gasteiger partial charge >= 0.3 is 5.76 Å². The van der Waals surface area contributed by atoms with E-state index in [1.54, 1.807) is 11.4 Å². The first-order valence-corrected chi connectivity index (χ1v) is 12.9. The van der Waals surface area contributed by atoms with Crippen molar-refractivity contribution in [2.45, 2.75) is 9.10 Å². The summed E-state index contributed by atoms with van der Waals surface area (Å²) in [5.41, 5.74) is 0.0757. The summed E-state index contributed by atoms with van der Waals surface area (Å²) in [6, 6.07) is 9.13. The van der Waals surface area contributed by atoms with Gasteiger partial charge in [-0.05, 0) is 35.7 Å². The van der Waals surface area contributed by atoms with Gasteiger partial charge < -0.3 is 4.42 Å². The molecular weight excluding hydrogens is 509 g/mol. The number of oxazole rings is 1. The summed E-state index contributed by atoms with van der Waals surface area (Å²) in [4.78, 5) is 12.4. The molecule has 2 aromatic heterocycles. The van der Waals surface area contributed by atoms with Gasteiger partial charge in [-0.15, -0.1) is 11.3 Å². The molecule has 14 heteroatoms. The third kappa shape index (κ3) is 4.10. The van der Waals surface area contributed by atoms with Crippen LogP contribution in [0.1, 0.15) is 0 Å². The average molecular weight is 520 g/mol. The lowest BCUT2D eigenvalue weighted by Gasteiger charge is -2.14. The highest BCUT2D eigenvalue weighted by Crippen LogP contribution is 2.34. The van der Waals surface area contributed by atoms with Crippen LogP contribution < -0.4 is 15.6 Å². The number of anilines is 1. The number of hydrogen-bond acceptors (Lipinski definition) is 7. The number of nitrogens with zero attached hydrogens (tertiary/aromatic N) is 1. The Morgan fingerprint density at radius 1 is 1.03 bits per heavy atom. The van der Waals surface area contributed by atoms with Crippen molar-refractivity contribution in [1.29, 1.82) is 0 Å². The number of rotatable bonds is 5. The highest BCUT2D eigenvalue weighted by atomic mass is 35.5. The number of benzene rings is 2. The summed E-state index contributed by atoms with van der Waals surface area (Å²) in [6.07, 6.45) is 0. The summed E-state index contributed by atoms with van der Waals surface area (Å²) in [5.74, 6) is -0.906. The summed E-state index contributed by atoms with van der Waals surface area (Å²) < 4.78 is 57.2. The number of halogens is 2. The topological polar surface area (TPSA) is 141 Å². The third-order valence-corrected chi connectivity index (χ3v) is 8.56. The summed E-state index contributed by atoms with van der Waals surface area (Å²) >= 11 is 13.2. The van der Waals surface area contributed by atoms with Crippen molar-refractivity contribution in [3.63, 3.8) is 0 Å². The van der Waals surface area contributed by atoms with E-state index >= 15 is 0 Å². The minimum atomic E-state index is -4.03. The maximum atomic E-state index is 12.7. The fourth-order valence-corrected chi connectivity index (χ4v) is 5.73. The van der Waals surface area contributed by atoms with Crippen LogP contribution in [0.15, 0.2) is 66.2 Å². The van der Waals surface area contributed by atoms with Gasteiger partial charge in [0.2, 0.25) is 10.0 Å². The van der Waals surface area contributed by atoms with Gasteiger partial charge in [-0.3, -0.25) is 4.72 Å². The molecule has 3 N–H and O–H groups in total. The standard InChI is InChI=1S/C17H11Cl2N3O6S3/c18-10-7-12(21-31(26,27)16-2-1-5-29-16)14(8-11(10)19)22-13-4-3-9(30(20,24)25)6-15(13)28-17(22)23/h1-8,21H,(H2,20,24,25). The Hall–Kier alpha value is -2.35. The van der Waals surface area contributed by atoms with Crippen molar-refractivity contribution in [1.82, 2.24) is 4.57 Å². The van der Waals surface area contributed by atoms with Crippen molar-refractivity contribution in [3.8, 4) is 5.69 Å². The molecule has 0 aliphatic rings. The minimum absolute atomic E-state index is 0.0293. The van der Waals surface area contributed by atoms with Crippen LogP contribution in [0, 0.1) is 0 Å². The third-order valence-electron chi connectivity index (χ3n) is 4.16. The van der Waals surface area contributed by atoms with E-state index in [1.807, 2.05) is 0 Å². The van der Waals surface area contributed by atoms with Crippen molar-refractivity contribution < 1.29 is 21.3 Å². The quantitative estimate of drug-likeness (QED) is 0.413. The van der Waals surface area contributed by atoms with Gasteiger partial charge in [-0.25, -0.2) is 31.3 Å². The van der Waals surface area contributed by atoms with Gasteiger partial charge in [-0.1, -0.05) is 29.3 Å². The Kier molecular flexibility index (Phi) is 5.40. The maximum absolute atomic E-state index is 12.7. The molecule has 2 heterocycles. The Balaban J connectivity index is 1.95. The molecule has 4 aromatic rings. The molecule has 0 aliphatic heterocycles. The first-order valence-electron chi connectivity index (χ1n) is 8.21. The predicted molar refractivity (Wildman–Crippen MR) is 118 cm³/mol. The molecular formula is C17H11Cl2N3O6S3. The molecule has 0 saturated heterocycles. The maximum Gasteiger partial charge on any atom is 0.424 e. The van der Waals surface area contributed by atoms with E-state index in [9.17, 15) is 21.6 Å². The molecule has 0 fully saturated rings. The number of nitrogens with two attached hydrogens (primary N) is 1. The van der Waals surface area contributed by atoms with E-state index in [0.717, 1.165) is 22.0 Å². The summed E-state index contributed by atoms with van der Waals surface area (Å²) in [6.45, 7) is 0. The first-order chi connectivity index (χ1) is 14.5. The molecule has 0 spiro atoms. The number of sulfonamides is 2. The van der Waals surface area contributed by atoms with Gasteiger partial charge in [0, 0.05) is 6.07 Å². The molecule has 0 radical (unpaired) electrons. The lowest BCUT2D eigenvalue weighted by molar-refractivity contribution is 0.539. The fraction of sp³-hybridized carbons (Fsp3) is 0. The Morgan fingerprint density at radius 3 is 2.39 bits per heavy atom. The van der Waals surface area contributed by atoms with Crippen LogP contribution in [0.2, 0.25) is 10.0 Å². The largest absolute Gasteiger partial charge is 0.424 e. The van der Waals surface area contributed by atoms with Crippen LogP contribution in [0.3, 0.4) is 0 Å².